The fourth-order valence-electron chi connectivity index (χ4n) is 2.65. The highest BCUT2D eigenvalue weighted by atomic mass is 15.1. The zero-order valence-corrected chi connectivity index (χ0v) is 15.2. The molecule has 0 spiro atoms. The lowest BCUT2D eigenvalue weighted by atomic mass is 10.1. The number of nitrogens with zero attached hydrogens (tertiary/aromatic N) is 3. The average molecular weight is 347 g/mol. The fraction of sp³-hybridized carbons (Fsp3) is 0.200. The molecule has 0 fully saturated rings. The third-order valence-electron chi connectivity index (χ3n) is 4.08. The van der Waals surface area contributed by atoms with Crippen LogP contribution in [0.15, 0.2) is 48.9 Å². The van der Waals surface area contributed by atoms with Gasteiger partial charge in [0, 0.05) is 24.2 Å². The largest absolute Gasteiger partial charge is 0.325 e. The lowest BCUT2D eigenvalue weighted by Gasteiger charge is -2.10. The first kappa shape index (κ1) is 17.7. The standard InChI is InChI=1S/C20H22N6/c1-13(2)14-6-7-23-20(9-14)26-19-5-4-17-18(25-19)8-15(12-24-17)16(10-21)11-22-3/h4-13,21-22H,1-3H3,(H,23,25,26)/p+1/b16-11+,21-10?. The maximum absolute atomic E-state index is 7.57. The van der Waals surface area contributed by atoms with Crippen LogP contribution in [-0.4, -0.2) is 28.2 Å². The molecule has 6 heteroatoms. The average Bonchev–Trinajstić information content (AvgIpc) is 2.65. The third kappa shape index (κ3) is 3.92. The van der Waals surface area contributed by atoms with Gasteiger partial charge in [0.1, 0.15) is 17.8 Å². The van der Waals surface area contributed by atoms with E-state index in [-0.39, 0.29) is 0 Å². The van der Waals surface area contributed by atoms with E-state index in [1.54, 1.807) is 12.4 Å². The number of hydrogen-bond acceptors (Lipinski definition) is 5. The highest BCUT2D eigenvalue weighted by Gasteiger charge is 2.07. The molecule has 3 heterocycles. The topological polar surface area (TPSA) is 91.2 Å². The molecule has 4 N–H and O–H groups in total. The summed E-state index contributed by atoms with van der Waals surface area (Å²) in [4.78, 5) is 13.5. The molecular weight excluding hydrogens is 324 g/mol. The van der Waals surface area contributed by atoms with Crippen LogP contribution in [0.2, 0.25) is 0 Å². The molecule has 6 nitrogen and oxygen atoms in total. The number of pyridine rings is 3. The summed E-state index contributed by atoms with van der Waals surface area (Å²) >= 11 is 0. The fourth-order valence-corrected chi connectivity index (χ4v) is 2.65. The van der Waals surface area contributed by atoms with Crippen LogP contribution in [-0.2, 0) is 0 Å². The second kappa shape index (κ2) is 7.84. The van der Waals surface area contributed by atoms with E-state index in [0.29, 0.717) is 11.7 Å². The van der Waals surface area contributed by atoms with Crippen LogP contribution in [0.4, 0.5) is 11.6 Å². The van der Waals surface area contributed by atoms with Gasteiger partial charge in [-0.05, 0) is 41.8 Å². The number of quaternary nitrogens is 1. The van der Waals surface area contributed by atoms with Gasteiger partial charge in [-0.25, -0.2) is 9.97 Å². The highest BCUT2D eigenvalue weighted by Crippen LogP contribution is 2.22. The molecule has 0 saturated carbocycles. The molecule has 0 aliphatic heterocycles. The Kier molecular flexibility index (Phi) is 5.34. The molecule has 132 valence electrons. The van der Waals surface area contributed by atoms with Crippen molar-refractivity contribution in [3.05, 3.63) is 60.1 Å². The number of allylic oxidation sites excluding steroid dienone is 1. The molecule has 3 aromatic rings. The lowest BCUT2D eigenvalue weighted by Crippen LogP contribution is -2.72. The Bertz CT molecular complexity index is 961. The summed E-state index contributed by atoms with van der Waals surface area (Å²) in [6, 6.07) is 9.84. The van der Waals surface area contributed by atoms with E-state index in [0.717, 1.165) is 28.0 Å². The summed E-state index contributed by atoms with van der Waals surface area (Å²) in [5, 5.41) is 12.7. The van der Waals surface area contributed by atoms with Gasteiger partial charge in [-0.1, -0.05) is 13.8 Å². The minimum Gasteiger partial charge on any atom is -0.325 e. The summed E-state index contributed by atoms with van der Waals surface area (Å²) in [6.45, 7) is 4.31. The highest BCUT2D eigenvalue weighted by molar-refractivity contribution is 6.08. The van der Waals surface area contributed by atoms with Crippen molar-refractivity contribution in [1.82, 2.24) is 15.0 Å². The van der Waals surface area contributed by atoms with E-state index in [2.05, 4.69) is 34.1 Å². The van der Waals surface area contributed by atoms with Crippen LogP contribution >= 0.6 is 0 Å². The van der Waals surface area contributed by atoms with Crippen LogP contribution in [0.1, 0.15) is 30.9 Å². The Balaban J connectivity index is 1.94. The summed E-state index contributed by atoms with van der Waals surface area (Å²) in [6.07, 6.45) is 6.79. The molecule has 0 amide bonds. The molecular formula is C20H23N6+. The second-order valence-corrected chi connectivity index (χ2v) is 6.31. The molecule has 0 radical (unpaired) electrons. The quantitative estimate of drug-likeness (QED) is 0.598. The SMILES string of the molecule is C[NH2+]/C=C(\C=N)c1cnc2ccc(Nc3cc(C(C)C)ccn3)nc2c1. The zero-order chi connectivity index (χ0) is 18.5. The van der Waals surface area contributed by atoms with E-state index in [9.17, 15) is 0 Å². The Labute approximate surface area is 152 Å². The molecule has 0 atom stereocenters. The summed E-state index contributed by atoms with van der Waals surface area (Å²) in [7, 11) is 1.93. The normalized spacial score (nSPS) is 11.8. The Hall–Kier alpha value is -3.12. The molecule has 3 rings (SSSR count). The van der Waals surface area contributed by atoms with Crippen molar-refractivity contribution < 1.29 is 5.32 Å². The first-order valence-corrected chi connectivity index (χ1v) is 8.61. The van der Waals surface area contributed by atoms with Crippen LogP contribution in [0.5, 0.6) is 0 Å². The van der Waals surface area contributed by atoms with Crippen LogP contribution in [0.3, 0.4) is 0 Å². The summed E-state index contributed by atoms with van der Waals surface area (Å²) < 4.78 is 0. The maximum Gasteiger partial charge on any atom is 0.132 e. The van der Waals surface area contributed by atoms with E-state index >= 15 is 0 Å². The van der Waals surface area contributed by atoms with Crippen LogP contribution in [0, 0.1) is 5.41 Å². The van der Waals surface area contributed by atoms with Crippen molar-refractivity contribution in [1.29, 1.82) is 5.41 Å². The molecule has 0 aliphatic carbocycles. The summed E-state index contributed by atoms with van der Waals surface area (Å²) in [5.41, 5.74) is 4.48. The van der Waals surface area contributed by atoms with Gasteiger partial charge in [-0.2, -0.15) is 0 Å². The van der Waals surface area contributed by atoms with E-state index in [1.807, 2.05) is 48.9 Å². The smallest absolute Gasteiger partial charge is 0.132 e. The van der Waals surface area contributed by atoms with Crippen molar-refractivity contribution in [2.75, 3.05) is 12.4 Å². The molecule has 0 aliphatic rings. The predicted molar refractivity (Wildman–Crippen MR) is 106 cm³/mol. The molecule has 0 unspecified atom stereocenters. The van der Waals surface area contributed by atoms with Gasteiger partial charge in [0.05, 0.1) is 23.7 Å². The van der Waals surface area contributed by atoms with Crippen LogP contribution in [0.25, 0.3) is 16.6 Å². The van der Waals surface area contributed by atoms with E-state index in [1.165, 1.54) is 11.8 Å². The number of fused-ring (bicyclic) bond motifs is 1. The second-order valence-electron chi connectivity index (χ2n) is 6.31. The van der Waals surface area contributed by atoms with Crippen molar-refractivity contribution in [3.8, 4) is 0 Å². The first-order valence-electron chi connectivity index (χ1n) is 8.61. The van der Waals surface area contributed by atoms with Crippen molar-refractivity contribution >= 4 is 34.5 Å². The van der Waals surface area contributed by atoms with E-state index < -0.39 is 0 Å². The first-order chi connectivity index (χ1) is 12.6. The Morgan fingerprint density at radius 1 is 1.12 bits per heavy atom. The van der Waals surface area contributed by atoms with Gasteiger partial charge in [0.15, 0.2) is 0 Å². The minimum absolute atomic E-state index is 0.441. The summed E-state index contributed by atoms with van der Waals surface area (Å²) in [5.74, 6) is 1.93. The van der Waals surface area contributed by atoms with Gasteiger partial charge in [0.25, 0.3) is 0 Å². The number of hydrogen-bond donors (Lipinski definition) is 3. The van der Waals surface area contributed by atoms with Gasteiger partial charge >= 0.3 is 0 Å². The van der Waals surface area contributed by atoms with E-state index in [4.69, 9.17) is 5.41 Å². The number of nitrogens with two attached hydrogens (primary N) is 1. The molecule has 0 saturated heterocycles. The maximum atomic E-state index is 7.57. The Morgan fingerprint density at radius 2 is 1.96 bits per heavy atom. The minimum atomic E-state index is 0.441. The third-order valence-corrected chi connectivity index (χ3v) is 4.08. The van der Waals surface area contributed by atoms with Gasteiger partial charge in [0.2, 0.25) is 0 Å². The Morgan fingerprint density at radius 3 is 2.69 bits per heavy atom. The predicted octanol–water partition coefficient (Wildman–Crippen LogP) is 3.08. The molecule has 0 aromatic carbocycles. The monoisotopic (exact) mass is 347 g/mol. The van der Waals surface area contributed by atoms with Gasteiger partial charge in [-0.15, -0.1) is 0 Å². The molecule has 3 aromatic heterocycles. The van der Waals surface area contributed by atoms with Crippen molar-refractivity contribution in [2.45, 2.75) is 19.8 Å². The number of anilines is 2. The van der Waals surface area contributed by atoms with Crippen LogP contribution < -0.4 is 10.6 Å². The van der Waals surface area contributed by atoms with Crippen molar-refractivity contribution in [3.63, 3.8) is 0 Å². The number of aromatic nitrogens is 3. The number of rotatable bonds is 6. The molecule has 26 heavy (non-hydrogen) atoms. The zero-order valence-electron chi connectivity index (χ0n) is 15.2. The van der Waals surface area contributed by atoms with Gasteiger partial charge < -0.3 is 16.0 Å². The molecule has 0 bridgehead atoms. The van der Waals surface area contributed by atoms with Gasteiger partial charge in [-0.3, -0.25) is 4.98 Å². The lowest BCUT2D eigenvalue weighted by molar-refractivity contribution is -0.555. The number of nitrogens with one attached hydrogen (secondary N) is 2. The van der Waals surface area contributed by atoms with Crippen molar-refractivity contribution in [2.24, 2.45) is 0 Å².